The van der Waals surface area contributed by atoms with Crippen molar-refractivity contribution in [2.75, 3.05) is 19.0 Å². The molecule has 1 fully saturated rings. The number of anilines is 1. The quantitative estimate of drug-likeness (QED) is 0.380. The Balaban J connectivity index is 1.72. The fraction of sp³-hybridized carbons (Fsp3) is 0.304. The van der Waals surface area contributed by atoms with Gasteiger partial charge in [0.25, 0.3) is 0 Å². The van der Waals surface area contributed by atoms with E-state index in [1.807, 2.05) is 0 Å². The number of alkyl halides is 3. The first-order chi connectivity index (χ1) is 16.8. The zero-order valence-electron chi connectivity index (χ0n) is 18.5. The number of amides is 1. The van der Waals surface area contributed by atoms with Gasteiger partial charge in [-0.3, -0.25) is 4.79 Å². The van der Waals surface area contributed by atoms with Crippen molar-refractivity contribution >= 4 is 44.3 Å². The Morgan fingerprint density at radius 1 is 1.20 bits per heavy atom. The Labute approximate surface area is 206 Å². The van der Waals surface area contributed by atoms with Gasteiger partial charge in [-0.05, 0) is 65.5 Å². The number of carbonyl (C=O) groups excluding carboxylic acids is 1. The van der Waals surface area contributed by atoms with Gasteiger partial charge in [-0.2, -0.15) is 17.7 Å². The van der Waals surface area contributed by atoms with Crippen LogP contribution in [0.25, 0.3) is 27.9 Å². The molecule has 0 aliphatic carbocycles. The first-order valence-corrected chi connectivity index (χ1v) is 11.7. The third-order valence-corrected chi connectivity index (χ3v) is 6.50. The Bertz CT molecular complexity index is 1440. The summed E-state index contributed by atoms with van der Waals surface area (Å²) in [4.78, 5) is 21.7. The molecule has 5 rings (SSSR count). The van der Waals surface area contributed by atoms with E-state index in [4.69, 9.17) is 4.74 Å². The van der Waals surface area contributed by atoms with Crippen LogP contribution in [-0.4, -0.2) is 45.2 Å². The third kappa shape index (κ3) is 4.38. The van der Waals surface area contributed by atoms with Crippen LogP contribution in [0.5, 0.6) is 5.75 Å². The van der Waals surface area contributed by atoms with Crippen LogP contribution in [0, 0.1) is 0 Å². The molecule has 12 heteroatoms. The van der Waals surface area contributed by atoms with Gasteiger partial charge in [0.2, 0.25) is 11.9 Å². The highest BCUT2D eigenvalue weighted by molar-refractivity contribution is 9.10. The van der Waals surface area contributed by atoms with E-state index in [1.165, 1.54) is 23.8 Å². The molecule has 35 heavy (non-hydrogen) atoms. The predicted molar refractivity (Wildman–Crippen MR) is 127 cm³/mol. The largest absolute Gasteiger partial charge is 0.497 e. The summed E-state index contributed by atoms with van der Waals surface area (Å²) in [5.74, 6) is -0.00738. The molecule has 1 saturated heterocycles. The summed E-state index contributed by atoms with van der Waals surface area (Å²) in [6, 6.07) is 8.42. The number of nitrogens with zero attached hydrogens (tertiary/aromatic N) is 4. The summed E-state index contributed by atoms with van der Waals surface area (Å²) in [6.07, 6.45) is -2.37. The monoisotopic (exact) mass is 548 g/mol. The van der Waals surface area contributed by atoms with E-state index in [-0.39, 0.29) is 29.0 Å². The summed E-state index contributed by atoms with van der Waals surface area (Å²) in [7, 11) is 1.30. The molecule has 0 unspecified atom stereocenters. The zero-order chi connectivity index (χ0) is 24.7. The lowest BCUT2D eigenvalue weighted by molar-refractivity contribution is -0.137. The van der Waals surface area contributed by atoms with Gasteiger partial charge >= 0.3 is 6.18 Å². The second-order valence-electron chi connectivity index (χ2n) is 8.14. The maximum absolute atomic E-state index is 13.9. The Morgan fingerprint density at radius 3 is 2.80 bits per heavy atom. The van der Waals surface area contributed by atoms with Gasteiger partial charge in [-0.1, -0.05) is 6.07 Å². The van der Waals surface area contributed by atoms with Gasteiger partial charge in [0, 0.05) is 22.0 Å². The van der Waals surface area contributed by atoms with Crippen LogP contribution in [0.4, 0.5) is 19.1 Å². The van der Waals surface area contributed by atoms with Crippen LogP contribution in [-0.2, 0) is 11.0 Å². The van der Waals surface area contributed by atoms with Crippen molar-refractivity contribution in [3.63, 3.8) is 0 Å². The molecule has 1 aliphatic heterocycles. The average molecular weight is 549 g/mol. The number of halogens is 4. The molecule has 3 heterocycles. The standard InChI is InChI=1S/C23H20BrF3N6O2/c1-35-12-8-9-13(15(11-12)23(25,26)27)19-31-20-14-5-4-6-16(24)18(14)30-22(33(20)32-19)29-17-7-2-3-10-28-21(17)34/h4-6,8-9,11,17H,2-3,7,10H2,1H3,(H,28,34)(H,29,30)/t17-/m1/s1. The van der Waals surface area contributed by atoms with Crippen molar-refractivity contribution in [3.8, 4) is 17.1 Å². The van der Waals surface area contributed by atoms with Crippen molar-refractivity contribution in [2.24, 2.45) is 0 Å². The van der Waals surface area contributed by atoms with Crippen LogP contribution in [0.3, 0.4) is 0 Å². The molecule has 8 nitrogen and oxygen atoms in total. The van der Waals surface area contributed by atoms with Crippen LogP contribution in [0.1, 0.15) is 24.8 Å². The van der Waals surface area contributed by atoms with Crippen molar-refractivity contribution < 1.29 is 22.7 Å². The highest BCUT2D eigenvalue weighted by Crippen LogP contribution is 2.39. The highest BCUT2D eigenvalue weighted by Gasteiger charge is 2.35. The van der Waals surface area contributed by atoms with Gasteiger partial charge in [0.15, 0.2) is 11.5 Å². The maximum Gasteiger partial charge on any atom is 0.417 e. The predicted octanol–water partition coefficient (Wildman–Crippen LogP) is 4.82. The van der Waals surface area contributed by atoms with E-state index < -0.39 is 17.8 Å². The fourth-order valence-electron chi connectivity index (χ4n) is 4.12. The highest BCUT2D eigenvalue weighted by atomic mass is 79.9. The Kier molecular flexibility index (Phi) is 5.99. The first kappa shape index (κ1) is 23.3. The molecule has 2 aromatic heterocycles. The van der Waals surface area contributed by atoms with Gasteiger partial charge in [-0.25, -0.2) is 9.97 Å². The molecule has 0 spiro atoms. The number of nitrogens with one attached hydrogen (secondary N) is 2. The van der Waals surface area contributed by atoms with Crippen molar-refractivity contribution in [3.05, 3.63) is 46.4 Å². The number of aromatic nitrogens is 4. The van der Waals surface area contributed by atoms with E-state index in [0.29, 0.717) is 34.0 Å². The van der Waals surface area contributed by atoms with Crippen molar-refractivity contribution in [1.29, 1.82) is 0 Å². The Morgan fingerprint density at radius 2 is 2.03 bits per heavy atom. The van der Waals surface area contributed by atoms with E-state index >= 15 is 0 Å². The van der Waals surface area contributed by atoms with Crippen LogP contribution in [0.2, 0.25) is 0 Å². The lowest BCUT2D eigenvalue weighted by Gasteiger charge is -2.17. The number of fused-ring (bicyclic) bond motifs is 3. The molecule has 1 aliphatic rings. The summed E-state index contributed by atoms with van der Waals surface area (Å²) < 4.78 is 48.7. The topological polar surface area (TPSA) is 93.4 Å². The number of rotatable bonds is 4. The summed E-state index contributed by atoms with van der Waals surface area (Å²) in [6.45, 7) is 0.592. The van der Waals surface area contributed by atoms with Gasteiger partial charge in [0.05, 0.1) is 18.2 Å². The Hall–Kier alpha value is -3.41. The van der Waals surface area contributed by atoms with Crippen LogP contribution < -0.4 is 15.4 Å². The molecule has 0 bridgehead atoms. The number of hydrogen-bond donors (Lipinski definition) is 2. The lowest BCUT2D eigenvalue weighted by atomic mass is 10.1. The third-order valence-electron chi connectivity index (χ3n) is 5.86. The molecule has 182 valence electrons. The normalized spacial score (nSPS) is 16.8. The first-order valence-electron chi connectivity index (χ1n) is 10.9. The van der Waals surface area contributed by atoms with E-state index in [9.17, 15) is 18.0 Å². The molecule has 0 radical (unpaired) electrons. The minimum Gasteiger partial charge on any atom is -0.497 e. The molecular formula is C23H20BrF3N6O2. The SMILES string of the molecule is COc1ccc(-c2nc3c4cccc(Br)c4nc(N[C@@H]4CCCCNC4=O)n3n2)c(C(F)(F)F)c1. The molecular weight excluding hydrogens is 529 g/mol. The van der Waals surface area contributed by atoms with Gasteiger partial charge in [-0.15, -0.1) is 5.10 Å². The number of carbonyl (C=O) groups is 1. The summed E-state index contributed by atoms with van der Waals surface area (Å²) in [5.41, 5.74) is -0.250. The average Bonchev–Trinajstić information content (AvgIpc) is 3.18. The number of benzene rings is 2. The van der Waals surface area contributed by atoms with Crippen molar-refractivity contribution in [1.82, 2.24) is 24.9 Å². The second-order valence-corrected chi connectivity index (χ2v) is 8.99. The number of para-hydroxylation sites is 1. The van der Waals surface area contributed by atoms with Gasteiger partial charge < -0.3 is 15.4 Å². The molecule has 4 aromatic rings. The maximum atomic E-state index is 13.9. The smallest absolute Gasteiger partial charge is 0.417 e. The summed E-state index contributed by atoms with van der Waals surface area (Å²) in [5, 5.41) is 11.0. The van der Waals surface area contributed by atoms with Gasteiger partial charge in [0.1, 0.15) is 11.8 Å². The van der Waals surface area contributed by atoms with Crippen LogP contribution in [0.15, 0.2) is 40.9 Å². The van der Waals surface area contributed by atoms with Crippen LogP contribution >= 0.6 is 15.9 Å². The molecule has 1 amide bonds. The van der Waals surface area contributed by atoms with E-state index in [2.05, 4.69) is 41.6 Å². The minimum atomic E-state index is -4.65. The van der Waals surface area contributed by atoms with E-state index in [1.54, 1.807) is 18.2 Å². The molecule has 0 saturated carbocycles. The second kappa shape index (κ2) is 8.99. The minimum absolute atomic E-state index is 0.0719. The number of hydrogen-bond acceptors (Lipinski definition) is 6. The zero-order valence-corrected chi connectivity index (χ0v) is 20.1. The molecule has 1 atom stereocenters. The van der Waals surface area contributed by atoms with E-state index in [0.717, 1.165) is 18.9 Å². The molecule has 2 aromatic carbocycles. The molecule has 2 N–H and O–H groups in total. The lowest BCUT2D eigenvalue weighted by Crippen LogP contribution is -2.38. The fourth-order valence-corrected chi connectivity index (χ4v) is 4.57. The number of methoxy groups -OCH3 is 1. The summed E-state index contributed by atoms with van der Waals surface area (Å²) >= 11 is 3.48. The van der Waals surface area contributed by atoms with Crippen molar-refractivity contribution in [2.45, 2.75) is 31.5 Å². The number of ether oxygens (including phenoxy) is 1.